The maximum atomic E-state index is 12.3. The summed E-state index contributed by atoms with van der Waals surface area (Å²) in [4.78, 5) is 15.4. The second-order valence-electron chi connectivity index (χ2n) is 4.14. The van der Waals surface area contributed by atoms with E-state index in [1.54, 1.807) is 4.57 Å². The maximum Gasteiger partial charge on any atom is 0.272 e. The first kappa shape index (κ1) is 11.1. The molecule has 1 aliphatic rings. The number of hydrogen-bond donors (Lipinski definition) is 1. The number of nitrogens with zero attached hydrogens (tertiary/aromatic N) is 1. The molecule has 0 radical (unpaired) electrons. The van der Waals surface area contributed by atoms with E-state index in [0.717, 1.165) is 29.7 Å². The van der Waals surface area contributed by atoms with Crippen molar-refractivity contribution < 1.29 is 4.74 Å². The molecule has 0 spiro atoms. The minimum atomic E-state index is 0.00856. The Morgan fingerprint density at radius 3 is 3.24 bits per heavy atom. The van der Waals surface area contributed by atoms with E-state index in [4.69, 9.17) is 17.0 Å². The highest BCUT2D eigenvalue weighted by molar-refractivity contribution is 7.71. The summed E-state index contributed by atoms with van der Waals surface area (Å²) in [5.74, 6) is 0. The third-order valence-corrected chi connectivity index (χ3v) is 4.24. The van der Waals surface area contributed by atoms with Crippen LogP contribution in [0.4, 0.5) is 0 Å². The smallest absolute Gasteiger partial charge is 0.272 e. The Morgan fingerprint density at radius 2 is 2.47 bits per heavy atom. The molecule has 1 saturated heterocycles. The first-order valence-electron chi connectivity index (χ1n) is 5.57. The Morgan fingerprint density at radius 1 is 1.59 bits per heavy atom. The van der Waals surface area contributed by atoms with Crippen molar-refractivity contribution >= 4 is 33.8 Å². The van der Waals surface area contributed by atoms with Crippen molar-refractivity contribution in [2.75, 3.05) is 13.2 Å². The lowest BCUT2D eigenvalue weighted by Gasteiger charge is -2.23. The number of hydrogen-bond acceptors (Lipinski definition) is 4. The van der Waals surface area contributed by atoms with Gasteiger partial charge in [-0.05, 0) is 36.5 Å². The Hall–Kier alpha value is -0.980. The summed E-state index contributed by atoms with van der Waals surface area (Å²) in [7, 11) is 0. The van der Waals surface area contributed by atoms with Crippen molar-refractivity contribution in [2.45, 2.75) is 18.9 Å². The van der Waals surface area contributed by atoms with Gasteiger partial charge in [-0.15, -0.1) is 11.3 Å². The summed E-state index contributed by atoms with van der Waals surface area (Å²) in [6, 6.07) is 1.96. The predicted octanol–water partition coefficient (Wildman–Crippen LogP) is 2.47. The van der Waals surface area contributed by atoms with Crippen LogP contribution in [-0.2, 0) is 4.74 Å². The van der Waals surface area contributed by atoms with Gasteiger partial charge in [-0.25, -0.2) is 0 Å². The average Bonchev–Trinajstić information content (AvgIpc) is 2.78. The molecule has 4 nitrogen and oxygen atoms in total. The minimum Gasteiger partial charge on any atom is -0.379 e. The summed E-state index contributed by atoms with van der Waals surface area (Å²) in [6.07, 6.45) is 1.93. The number of aromatic nitrogens is 2. The summed E-state index contributed by atoms with van der Waals surface area (Å²) >= 11 is 6.72. The molecular weight excluding hydrogens is 256 g/mol. The van der Waals surface area contributed by atoms with Crippen LogP contribution in [-0.4, -0.2) is 22.8 Å². The molecule has 0 bridgehead atoms. The molecule has 0 aliphatic carbocycles. The summed E-state index contributed by atoms with van der Waals surface area (Å²) in [5, 5.41) is 1.90. The molecule has 0 saturated carbocycles. The van der Waals surface area contributed by atoms with E-state index in [-0.39, 0.29) is 11.6 Å². The van der Waals surface area contributed by atoms with E-state index in [0.29, 0.717) is 11.4 Å². The molecule has 6 heteroatoms. The van der Waals surface area contributed by atoms with Gasteiger partial charge in [0.05, 0.1) is 18.2 Å². The zero-order chi connectivity index (χ0) is 11.8. The Balaban J connectivity index is 2.20. The molecule has 90 valence electrons. The Kier molecular flexibility index (Phi) is 2.85. The highest BCUT2D eigenvalue weighted by atomic mass is 32.1. The second kappa shape index (κ2) is 4.36. The fourth-order valence-electron chi connectivity index (χ4n) is 2.21. The SMILES string of the molecule is O=c1c2sccc2[nH]c(=S)n1C1CCCOC1. The Labute approximate surface area is 107 Å². The van der Waals surface area contributed by atoms with Gasteiger partial charge in [0, 0.05) is 6.61 Å². The van der Waals surface area contributed by atoms with Crippen molar-refractivity contribution in [3.05, 3.63) is 26.6 Å². The van der Waals surface area contributed by atoms with Gasteiger partial charge in [0.15, 0.2) is 4.77 Å². The highest BCUT2D eigenvalue weighted by Crippen LogP contribution is 2.20. The quantitative estimate of drug-likeness (QED) is 0.808. The fourth-order valence-corrected chi connectivity index (χ4v) is 3.34. The van der Waals surface area contributed by atoms with Crippen molar-refractivity contribution in [2.24, 2.45) is 0 Å². The van der Waals surface area contributed by atoms with Crippen LogP contribution in [0.1, 0.15) is 18.9 Å². The minimum absolute atomic E-state index is 0.00856. The van der Waals surface area contributed by atoms with Crippen LogP contribution in [0.3, 0.4) is 0 Å². The zero-order valence-corrected chi connectivity index (χ0v) is 10.8. The first-order chi connectivity index (χ1) is 8.27. The van der Waals surface area contributed by atoms with Crippen LogP contribution in [0.2, 0.25) is 0 Å². The van der Waals surface area contributed by atoms with Crippen LogP contribution in [0, 0.1) is 4.77 Å². The number of nitrogens with one attached hydrogen (secondary N) is 1. The van der Waals surface area contributed by atoms with Crippen LogP contribution in [0.5, 0.6) is 0 Å². The summed E-state index contributed by atoms with van der Waals surface area (Å²) in [6.45, 7) is 1.36. The second-order valence-corrected chi connectivity index (χ2v) is 5.44. The Bertz CT molecular complexity index is 649. The molecule has 1 N–H and O–H groups in total. The molecular formula is C11H12N2O2S2. The van der Waals surface area contributed by atoms with Gasteiger partial charge < -0.3 is 9.72 Å². The summed E-state index contributed by atoms with van der Waals surface area (Å²) in [5.41, 5.74) is 0.840. The molecule has 1 atom stereocenters. The molecule has 17 heavy (non-hydrogen) atoms. The van der Waals surface area contributed by atoms with E-state index < -0.39 is 0 Å². The number of ether oxygens (including phenoxy) is 1. The van der Waals surface area contributed by atoms with Crippen molar-refractivity contribution in [3.63, 3.8) is 0 Å². The topological polar surface area (TPSA) is 47.0 Å². The molecule has 3 rings (SSSR count). The molecule has 1 fully saturated rings. The number of aromatic amines is 1. The molecule has 2 aromatic rings. The number of thiophene rings is 1. The predicted molar refractivity (Wildman–Crippen MR) is 70.4 cm³/mol. The maximum absolute atomic E-state index is 12.3. The van der Waals surface area contributed by atoms with Crippen LogP contribution < -0.4 is 5.56 Å². The monoisotopic (exact) mass is 268 g/mol. The lowest BCUT2D eigenvalue weighted by Crippen LogP contribution is -2.31. The average molecular weight is 268 g/mol. The molecule has 3 heterocycles. The van der Waals surface area contributed by atoms with Gasteiger partial charge in [-0.2, -0.15) is 0 Å². The third-order valence-electron chi connectivity index (χ3n) is 3.04. The largest absolute Gasteiger partial charge is 0.379 e. The van der Waals surface area contributed by atoms with Crippen LogP contribution in [0.15, 0.2) is 16.2 Å². The van der Waals surface area contributed by atoms with E-state index >= 15 is 0 Å². The van der Waals surface area contributed by atoms with Gasteiger partial charge in [0.2, 0.25) is 0 Å². The lowest BCUT2D eigenvalue weighted by atomic mass is 10.1. The molecule has 0 aromatic carbocycles. The molecule has 2 aromatic heterocycles. The van der Waals surface area contributed by atoms with E-state index in [2.05, 4.69) is 4.98 Å². The van der Waals surface area contributed by atoms with Crippen molar-refractivity contribution in [1.82, 2.24) is 9.55 Å². The summed E-state index contributed by atoms with van der Waals surface area (Å²) < 4.78 is 8.33. The van der Waals surface area contributed by atoms with Crippen LogP contribution >= 0.6 is 23.6 Å². The standard InChI is InChI=1S/C11H12N2O2S2/c14-10-9-8(3-5-17-9)12-11(16)13(10)7-2-1-4-15-6-7/h3,5,7H,1-2,4,6H2,(H,12,16). The molecule has 1 unspecified atom stereocenters. The third kappa shape index (κ3) is 1.86. The van der Waals surface area contributed by atoms with Gasteiger partial charge in [0.1, 0.15) is 4.70 Å². The first-order valence-corrected chi connectivity index (χ1v) is 6.86. The van der Waals surface area contributed by atoms with E-state index in [1.165, 1.54) is 11.3 Å². The van der Waals surface area contributed by atoms with E-state index in [1.807, 2.05) is 11.4 Å². The highest BCUT2D eigenvalue weighted by Gasteiger charge is 2.19. The van der Waals surface area contributed by atoms with Crippen molar-refractivity contribution in [3.8, 4) is 0 Å². The molecule has 1 aliphatic heterocycles. The van der Waals surface area contributed by atoms with Gasteiger partial charge in [-0.1, -0.05) is 0 Å². The van der Waals surface area contributed by atoms with E-state index in [9.17, 15) is 4.79 Å². The number of H-pyrrole nitrogens is 1. The molecule has 0 amide bonds. The fraction of sp³-hybridized carbons (Fsp3) is 0.455. The van der Waals surface area contributed by atoms with Gasteiger partial charge in [-0.3, -0.25) is 9.36 Å². The van der Waals surface area contributed by atoms with Gasteiger partial charge in [0.25, 0.3) is 5.56 Å². The number of fused-ring (bicyclic) bond motifs is 1. The van der Waals surface area contributed by atoms with Crippen LogP contribution in [0.25, 0.3) is 10.2 Å². The zero-order valence-electron chi connectivity index (χ0n) is 9.14. The normalized spacial score (nSPS) is 20.8. The lowest BCUT2D eigenvalue weighted by molar-refractivity contribution is 0.0573. The van der Waals surface area contributed by atoms with Gasteiger partial charge >= 0.3 is 0 Å². The number of rotatable bonds is 1. The van der Waals surface area contributed by atoms with Crippen molar-refractivity contribution in [1.29, 1.82) is 0 Å².